The van der Waals surface area contributed by atoms with Gasteiger partial charge in [0.05, 0.1) is 17.8 Å². The number of halogens is 1. The Labute approximate surface area is 169 Å². The SMILES string of the molecule is CCCc1cc(C#N)ccc1OCC(O)COc1cnn(CCC)c(=O)c1Cl. The van der Waals surface area contributed by atoms with Gasteiger partial charge in [-0.2, -0.15) is 10.4 Å². The lowest BCUT2D eigenvalue weighted by molar-refractivity contribution is 0.0620. The first-order valence-corrected chi connectivity index (χ1v) is 9.60. The van der Waals surface area contributed by atoms with Crippen molar-refractivity contribution in [3.8, 4) is 17.6 Å². The lowest BCUT2D eigenvalue weighted by atomic mass is 10.1. The Morgan fingerprint density at radius 2 is 1.96 bits per heavy atom. The van der Waals surface area contributed by atoms with Gasteiger partial charge < -0.3 is 14.6 Å². The molecular formula is C20H24ClN3O4. The smallest absolute Gasteiger partial charge is 0.289 e. The molecule has 8 heteroatoms. The number of rotatable bonds is 10. The maximum Gasteiger partial charge on any atom is 0.289 e. The van der Waals surface area contributed by atoms with E-state index in [0.717, 1.165) is 24.8 Å². The third-order valence-electron chi connectivity index (χ3n) is 3.96. The molecule has 28 heavy (non-hydrogen) atoms. The molecule has 1 unspecified atom stereocenters. The van der Waals surface area contributed by atoms with E-state index < -0.39 is 11.7 Å². The summed E-state index contributed by atoms with van der Waals surface area (Å²) in [7, 11) is 0. The van der Waals surface area contributed by atoms with Crippen molar-refractivity contribution in [2.45, 2.75) is 45.8 Å². The van der Waals surface area contributed by atoms with Gasteiger partial charge in [-0.1, -0.05) is 31.9 Å². The number of benzene rings is 1. The molecule has 0 aliphatic rings. The van der Waals surface area contributed by atoms with Gasteiger partial charge in [-0.15, -0.1) is 0 Å². The molecule has 0 fully saturated rings. The van der Waals surface area contributed by atoms with Crippen LogP contribution in [0.15, 0.2) is 29.2 Å². The van der Waals surface area contributed by atoms with Gasteiger partial charge in [0.2, 0.25) is 0 Å². The molecule has 1 heterocycles. The zero-order valence-corrected chi connectivity index (χ0v) is 16.8. The van der Waals surface area contributed by atoms with E-state index >= 15 is 0 Å². The van der Waals surface area contributed by atoms with Gasteiger partial charge in [0, 0.05) is 6.54 Å². The van der Waals surface area contributed by atoms with Crippen molar-refractivity contribution in [1.82, 2.24) is 9.78 Å². The highest BCUT2D eigenvalue weighted by Crippen LogP contribution is 2.22. The van der Waals surface area contributed by atoms with Gasteiger partial charge in [0.25, 0.3) is 5.56 Å². The molecule has 0 aliphatic carbocycles. The quantitative estimate of drug-likeness (QED) is 0.652. The molecule has 1 atom stereocenters. The molecule has 0 spiro atoms. The van der Waals surface area contributed by atoms with Crippen molar-refractivity contribution < 1.29 is 14.6 Å². The van der Waals surface area contributed by atoms with E-state index in [2.05, 4.69) is 11.2 Å². The maximum atomic E-state index is 12.1. The molecule has 2 rings (SSSR count). The van der Waals surface area contributed by atoms with Crippen LogP contribution in [0.1, 0.15) is 37.8 Å². The molecule has 0 amide bonds. The summed E-state index contributed by atoms with van der Waals surface area (Å²) < 4.78 is 12.4. The average Bonchev–Trinajstić information content (AvgIpc) is 2.70. The Hall–Kier alpha value is -2.56. The maximum absolute atomic E-state index is 12.1. The van der Waals surface area contributed by atoms with Crippen LogP contribution in [-0.2, 0) is 13.0 Å². The van der Waals surface area contributed by atoms with Gasteiger partial charge in [0.1, 0.15) is 25.1 Å². The van der Waals surface area contributed by atoms with Gasteiger partial charge in [-0.3, -0.25) is 4.79 Å². The number of hydrogen-bond donors (Lipinski definition) is 1. The van der Waals surface area contributed by atoms with Crippen molar-refractivity contribution in [2.24, 2.45) is 0 Å². The second-order valence-electron chi connectivity index (χ2n) is 6.31. The van der Waals surface area contributed by atoms with Crippen LogP contribution in [0.3, 0.4) is 0 Å². The van der Waals surface area contributed by atoms with Crippen molar-refractivity contribution in [1.29, 1.82) is 5.26 Å². The number of ether oxygens (including phenoxy) is 2. The number of aromatic nitrogens is 2. The highest BCUT2D eigenvalue weighted by Gasteiger charge is 2.14. The predicted octanol–water partition coefficient (Wildman–Crippen LogP) is 2.95. The van der Waals surface area contributed by atoms with E-state index in [4.69, 9.17) is 26.3 Å². The van der Waals surface area contributed by atoms with Crippen molar-refractivity contribution >= 4 is 11.6 Å². The zero-order valence-electron chi connectivity index (χ0n) is 16.0. The molecule has 0 saturated heterocycles. The molecule has 0 bridgehead atoms. The van der Waals surface area contributed by atoms with E-state index in [0.29, 0.717) is 17.9 Å². The number of hydrogen-bond acceptors (Lipinski definition) is 6. The largest absolute Gasteiger partial charge is 0.490 e. The molecular weight excluding hydrogens is 382 g/mol. The summed E-state index contributed by atoms with van der Waals surface area (Å²) in [6, 6.07) is 7.30. The minimum absolute atomic E-state index is 0.000558. The Balaban J connectivity index is 1.95. The fourth-order valence-electron chi connectivity index (χ4n) is 2.60. The molecule has 1 aromatic heterocycles. The number of nitrogens with zero attached hydrogens (tertiary/aromatic N) is 3. The molecule has 2 aromatic rings. The molecule has 0 radical (unpaired) electrons. The van der Waals surface area contributed by atoms with Gasteiger partial charge >= 0.3 is 0 Å². The first kappa shape index (κ1) is 21.7. The first-order chi connectivity index (χ1) is 13.5. The van der Waals surface area contributed by atoms with Gasteiger partial charge in [-0.05, 0) is 36.6 Å². The number of aryl methyl sites for hydroxylation is 2. The Morgan fingerprint density at radius 1 is 1.25 bits per heavy atom. The first-order valence-electron chi connectivity index (χ1n) is 9.22. The Bertz CT molecular complexity index is 892. The van der Waals surface area contributed by atoms with E-state index in [-0.39, 0.29) is 24.0 Å². The van der Waals surface area contributed by atoms with E-state index in [9.17, 15) is 9.90 Å². The summed E-state index contributed by atoms with van der Waals surface area (Å²) in [6.07, 6.45) is 2.87. The normalized spacial score (nSPS) is 11.7. The van der Waals surface area contributed by atoms with Gasteiger partial charge in [-0.25, -0.2) is 4.68 Å². The molecule has 1 N–H and O–H groups in total. The van der Waals surface area contributed by atoms with E-state index in [1.807, 2.05) is 13.8 Å². The monoisotopic (exact) mass is 405 g/mol. The predicted molar refractivity (Wildman–Crippen MR) is 106 cm³/mol. The fraction of sp³-hybridized carbons (Fsp3) is 0.450. The van der Waals surface area contributed by atoms with Gasteiger partial charge in [0.15, 0.2) is 10.8 Å². The van der Waals surface area contributed by atoms with Crippen LogP contribution < -0.4 is 15.0 Å². The second kappa shape index (κ2) is 10.7. The summed E-state index contributed by atoms with van der Waals surface area (Å²) in [5.74, 6) is 0.755. The zero-order chi connectivity index (χ0) is 20.5. The van der Waals surface area contributed by atoms with Crippen LogP contribution in [0, 0.1) is 11.3 Å². The fourth-order valence-corrected chi connectivity index (χ4v) is 2.80. The Kier molecular flexibility index (Phi) is 8.30. The third kappa shape index (κ3) is 5.72. The lowest BCUT2D eigenvalue weighted by Crippen LogP contribution is -2.27. The minimum Gasteiger partial charge on any atom is -0.490 e. The van der Waals surface area contributed by atoms with Crippen LogP contribution in [0.25, 0.3) is 0 Å². The van der Waals surface area contributed by atoms with Crippen LogP contribution in [0.5, 0.6) is 11.5 Å². The summed E-state index contributed by atoms with van der Waals surface area (Å²) in [6.45, 7) is 4.35. The van der Waals surface area contributed by atoms with E-state index in [1.54, 1.807) is 18.2 Å². The van der Waals surface area contributed by atoms with E-state index in [1.165, 1.54) is 10.9 Å². The van der Waals surface area contributed by atoms with Crippen LogP contribution >= 0.6 is 11.6 Å². The minimum atomic E-state index is -0.931. The second-order valence-corrected chi connectivity index (χ2v) is 6.69. The van der Waals surface area contributed by atoms with Crippen molar-refractivity contribution in [2.75, 3.05) is 13.2 Å². The third-order valence-corrected chi connectivity index (χ3v) is 4.31. The molecule has 150 valence electrons. The topological polar surface area (TPSA) is 97.4 Å². The number of aliphatic hydroxyl groups is 1. The number of nitriles is 1. The Morgan fingerprint density at radius 3 is 2.61 bits per heavy atom. The van der Waals surface area contributed by atoms with Crippen LogP contribution in [0.4, 0.5) is 0 Å². The number of aliphatic hydroxyl groups excluding tert-OH is 1. The lowest BCUT2D eigenvalue weighted by Gasteiger charge is -2.16. The highest BCUT2D eigenvalue weighted by atomic mass is 35.5. The molecule has 7 nitrogen and oxygen atoms in total. The average molecular weight is 406 g/mol. The summed E-state index contributed by atoms with van der Waals surface area (Å²) in [4.78, 5) is 12.1. The van der Waals surface area contributed by atoms with Crippen molar-refractivity contribution in [3.63, 3.8) is 0 Å². The van der Waals surface area contributed by atoms with Crippen LogP contribution in [-0.4, -0.2) is 34.2 Å². The molecule has 0 saturated carbocycles. The summed E-state index contributed by atoms with van der Waals surface area (Å²) in [5, 5.41) is 23.1. The van der Waals surface area contributed by atoms with Crippen molar-refractivity contribution in [3.05, 3.63) is 50.9 Å². The summed E-state index contributed by atoms with van der Waals surface area (Å²) in [5.41, 5.74) is 1.06. The highest BCUT2D eigenvalue weighted by molar-refractivity contribution is 6.31. The van der Waals surface area contributed by atoms with Crippen LogP contribution in [0.2, 0.25) is 5.02 Å². The molecule has 1 aromatic carbocycles. The molecule has 0 aliphatic heterocycles. The standard InChI is InChI=1S/C20H24ClN3O4/c1-3-5-15-9-14(10-22)6-7-17(15)27-12-16(25)13-28-18-11-23-24(8-4-2)20(26)19(18)21/h6-7,9,11,16,25H,3-5,8,12-13H2,1-2H3. The summed E-state index contributed by atoms with van der Waals surface area (Å²) >= 11 is 6.04.